The highest BCUT2D eigenvalue weighted by Crippen LogP contribution is 2.48. The van der Waals surface area contributed by atoms with Crippen LogP contribution < -0.4 is 0 Å². The van der Waals surface area contributed by atoms with E-state index in [0.717, 1.165) is 0 Å². The second-order valence-electron chi connectivity index (χ2n) is 15.6. The largest absolute Gasteiger partial charge is 0.480 e. The van der Waals surface area contributed by atoms with Gasteiger partial charge in [0.2, 0.25) is 0 Å². The van der Waals surface area contributed by atoms with Crippen LogP contribution in [0.15, 0.2) is 0 Å². The minimum Gasteiger partial charge on any atom is -0.480 e. The molecule has 0 saturated carbocycles. The molecule has 2 saturated heterocycles. The van der Waals surface area contributed by atoms with Gasteiger partial charge in [-0.1, -0.05) is 62.3 Å². The third-order valence-electron chi connectivity index (χ3n) is 9.06. The maximum absolute atomic E-state index is 13.5. The van der Waals surface area contributed by atoms with E-state index in [1.807, 2.05) is 67.2 Å². The molecular formula is C32H55N5O10. The summed E-state index contributed by atoms with van der Waals surface area (Å²) in [5.41, 5.74) is -3.77. The summed E-state index contributed by atoms with van der Waals surface area (Å²) in [6.07, 6.45) is -0.110. The molecule has 0 aromatic heterocycles. The molecule has 2 amide bonds. The molecule has 2 fully saturated rings. The van der Waals surface area contributed by atoms with Gasteiger partial charge in [0.15, 0.2) is 0 Å². The van der Waals surface area contributed by atoms with Crippen molar-refractivity contribution >= 4 is 35.7 Å². The number of hydrogen-bond acceptors (Lipinski definition) is 11. The van der Waals surface area contributed by atoms with Crippen LogP contribution in [0.5, 0.6) is 0 Å². The Morgan fingerprint density at radius 2 is 1.11 bits per heavy atom. The van der Waals surface area contributed by atoms with Gasteiger partial charge in [0.05, 0.1) is 13.1 Å². The van der Waals surface area contributed by atoms with Crippen molar-refractivity contribution in [2.45, 2.75) is 86.7 Å². The third kappa shape index (κ3) is 9.71. The predicted molar refractivity (Wildman–Crippen MR) is 171 cm³/mol. The maximum Gasteiger partial charge on any atom is 0.347 e. The average molecular weight is 670 g/mol. The predicted octanol–water partition coefficient (Wildman–Crippen LogP) is 1.31. The SMILES string of the molecule is CC(C)(C)C(C(=O)O)N1CCN(CC(=O)O)CCN(CC(=O)ON2C(=O)CCC2=O)CCN(C(C(=O)O)(C(C)(C)C)C(C)(C)C)CC1. The second-order valence-corrected chi connectivity index (χ2v) is 15.6. The molecule has 15 nitrogen and oxygen atoms in total. The van der Waals surface area contributed by atoms with Crippen LogP contribution in [0, 0.1) is 16.2 Å². The smallest absolute Gasteiger partial charge is 0.347 e. The Morgan fingerprint density at radius 3 is 1.53 bits per heavy atom. The zero-order chi connectivity index (χ0) is 36.1. The van der Waals surface area contributed by atoms with Crippen molar-refractivity contribution in [3.8, 4) is 0 Å². The van der Waals surface area contributed by atoms with E-state index in [1.54, 1.807) is 14.7 Å². The highest BCUT2D eigenvalue weighted by molar-refractivity contribution is 6.01. The van der Waals surface area contributed by atoms with Gasteiger partial charge in [0.25, 0.3) is 11.8 Å². The summed E-state index contributed by atoms with van der Waals surface area (Å²) in [5.74, 6) is -5.22. The summed E-state index contributed by atoms with van der Waals surface area (Å²) in [5, 5.41) is 31.4. The standard InChI is InChI=1S/C32H55N5O10/c1-29(2,3)26(27(43)44)35-16-14-33(20-24(40)41)12-13-34(21-25(42)47-37-22(38)10-11-23(37)39)15-18-36(19-17-35)32(28(45)46,30(4,5)6)31(7,8)9/h26H,10-21H2,1-9H3,(H,40,41)(H,43,44)(H,45,46). The van der Waals surface area contributed by atoms with Crippen molar-refractivity contribution in [1.82, 2.24) is 24.7 Å². The van der Waals surface area contributed by atoms with Crippen LogP contribution in [0.4, 0.5) is 0 Å². The van der Waals surface area contributed by atoms with E-state index in [4.69, 9.17) is 4.84 Å². The second kappa shape index (κ2) is 15.4. The molecule has 0 aromatic rings. The van der Waals surface area contributed by atoms with Gasteiger partial charge in [0, 0.05) is 65.2 Å². The number of hydrogen-bond donors (Lipinski definition) is 3. The maximum atomic E-state index is 13.5. The quantitative estimate of drug-likeness (QED) is 0.298. The fourth-order valence-electron chi connectivity index (χ4n) is 7.51. The first kappa shape index (κ1) is 40.0. The fraction of sp³-hybridized carbons (Fsp3) is 0.812. The summed E-state index contributed by atoms with van der Waals surface area (Å²) in [6, 6.07) is -0.940. The zero-order valence-electron chi connectivity index (χ0n) is 29.5. The van der Waals surface area contributed by atoms with E-state index in [2.05, 4.69) is 0 Å². The molecule has 0 spiro atoms. The molecule has 47 heavy (non-hydrogen) atoms. The van der Waals surface area contributed by atoms with Crippen LogP contribution in [-0.2, 0) is 33.6 Å². The van der Waals surface area contributed by atoms with Crippen LogP contribution in [0.25, 0.3) is 0 Å². The first-order valence-electron chi connectivity index (χ1n) is 16.1. The molecule has 0 bridgehead atoms. The molecule has 2 heterocycles. The molecular weight excluding hydrogens is 614 g/mol. The summed E-state index contributed by atoms with van der Waals surface area (Å²) < 4.78 is 0. The number of nitrogens with zero attached hydrogens (tertiary/aromatic N) is 5. The number of carbonyl (C=O) groups is 6. The van der Waals surface area contributed by atoms with Crippen LogP contribution in [0.3, 0.4) is 0 Å². The van der Waals surface area contributed by atoms with Gasteiger partial charge < -0.3 is 20.2 Å². The van der Waals surface area contributed by atoms with Gasteiger partial charge in [-0.2, -0.15) is 0 Å². The monoisotopic (exact) mass is 669 g/mol. The van der Waals surface area contributed by atoms with E-state index >= 15 is 0 Å². The minimum absolute atomic E-state index is 0.0548. The van der Waals surface area contributed by atoms with Crippen molar-refractivity contribution in [2.75, 3.05) is 65.4 Å². The Kier molecular flexibility index (Phi) is 13.1. The van der Waals surface area contributed by atoms with Gasteiger partial charge in [-0.15, -0.1) is 5.06 Å². The highest BCUT2D eigenvalue weighted by Gasteiger charge is 2.60. The van der Waals surface area contributed by atoms with Crippen molar-refractivity contribution in [2.24, 2.45) is 16.2 Å². The number of rotatable bonds is 9. The molecule has 1 atom stereocenters. The van der Waals surface area contributed by atoms with E-state index in [0.29, 0.717) is 5.06 Å². The number of aliphatic carboxylic acids is 3. The zero-order valence-corrected chi connectivity index (χ0v) is 29.5. The number of amides is 2. The molecule has 2 aliphatic heterocycles. The van der Waals surface area contributed by atoms with Gasteiger partial charge in [0.1, 0.15) is 11.6 Å². The molecule has 268 valence electrons. The Morgan fingerprint density at radius 1 is 0.681 bits per heavy atom. The van der Waals surface area contributed by atoms with Crippen LogP contribution >= 0.6 is 0 Å². The van der Waals surface area contributed by atoms with Gasteiger partial charge in [-0.25, -0.2) is 4.79 Å². The molecule has 1 unspecified atom stereocenters. The van der Waals surface area contributed by atoms with Crippen LogP contribution in [0.2, 0.25) is 0 Å². The summed E-state index contributed by atoms with van der Waals surface area (Å²) >= 11 is 0. The van der Waals surface area contributed by atoms with E-state index in [-0.39, 0.29) is 78.3 Å². The normalized spacial score (nSPS) is 20.4. The van der Waals surface area contributed by atoms with Gasteiger partial charge in [-0.05, 0) is 16.2 Å². The molecule has 0 aromatic carbocycles. The Bertz CT molecular complexity index is 1160. The minimum atomic E-state index is -1.45. The Labute approximate surface area is 277 Å². The molecule has 2 rings (SSSR count). The number of carbonyl (C=O) groups excluding carboxylic acids is 3. The van der Waals surface area contributed by atoms with Crippen LogP contribution in [-0.4, -0.2) is 153 Å². The third-order valence-corrected chi connectivity index (χ3v) is 9.06. The number of carboxylic acids is 3. The van der Waals surface area contributed by atoms with Crippen LogP contribution in [0.1, 0.15) is 75.2 Å². The van der Waals surface area contributed by atoms with Gasteiger partial charge in [-0.3, -0.25) is 43.6 Å². The lowest BCUT2D eigenvalue weighted by molar-refractivity contribution is -0.198. The lowest BCUT2D eigenvalue weighted by Crippen LogP contribution is -2.71. The Balaban J connectivity index is 2.61. The summed E-state index contributed by atoms with van der Waals surface area (Å²) in [6.45, 7) is 17.4. The lowest BCUT2D eigenvalue weighted by Gasteiger charge is -2.57. The molecule has 0 radical (unpaired) electrons. The number of hydroxylamine groups is 2. The topological polar surface area (TPSA) is 189 Å². The van der Waals surface area contributed by atoms with E-state index in [1.165, 1.54) is 0 Å². The highest BCUT2D eigenvalue weighted by atomic mass is 16.7. The van der Waals surface area contributed by atoms with Crippen molar-refractivity contribution in [3.05, 3.63) is 0 Å². The van der Waals surface area contributed by atoms with E-state index in [9.17, 15) is 44.1 Å². The first-order chi connectivity index (χ1) is 21.4. The summed E-state index contributed by atoms with van der Waals surface area (Å²) in [7, 11) is 0. The first-order valence-corrected chi connectivity index (χ1v) is 16.1. The average Bonchev–Trinajstić information content (AvgIpc) is 3.18. The van der Waals surface area contributed by atoms with E-state index < -0.39 is 63.5 Å². The van der Waals surface area contributed by atoms with Crippen molar-refractivity contribution < 1.29 is 48.9 Å². The number of carboxylic acid groups (broad SMARTS) is 3. The van der Waals surface area contributed by atoms with Gasteiger partial charge >= 0.3 is 23.9 Å². The molecule has 0 aliphatic carbocycles. The summed E-state index contributed by atoms with van der Waals surface area (Å²) in [4.78, 5) is 87.1. The van der Waals surface area contributed by atoms with Crippen molar-refractivity contribution in [3.63, 3.8) is 0 Å². The molecule has 2 aliphatic rings. The fourth-order valence-corrected chi connectivity index (χ4v) is 7.51. The lowest BCUT2D eigenvalue weighted by atomic mass is 9.59. The van der Waals surface area contributed by atoms with Crippen molar-refractivity contribution in [1.29, 1.82) is 0 Å². The Hall–Kier alpha value is -3.14. The number of imide groups is 1. The molecule has 3 N–H and O–H groups in total. The molecule has 15 heteroatoms.